The van der Waals surface area contributed by atoms with Gasteiger partial charge < -0.3 is 15.4 Å². The molecule has 1 saturated carbocycles. The number of hydrogen-bond acceptors (Lipinski definition) is 3. The van der Waals surface area contributed by atoms with Crippen molar-refractivity contribution < 1.29 is 4.74 Å². The Labute approximate surface area is 121 Å². The highest BCUT2D eigenvalue weighted by Gasteiger charge is 2.25. The van der Waals surface area contributed by atoms with Gasteiger partial charge in [0.05, 0.1) is 0 Å². The van der Waals surface area contributed by atoms with Crippen molar-refractivity contribution in [3.8, 4) is 5.75 Å². The highest BCUT2D eigenvalue weighted by molar-refractivity contribution is 9.10. The summed E-state index contributed by atoms with van der Waals surface area (Å²) in [6.45, 7) is 1.66. The SMILES string of the molecule is CN(CCOc1ccc(C(N)=S)c(Br)c1)C1CC1. The summed E-state index contributed by atoms with van der Waals surface area (Å²) in [4.78, 5) is 2.74. The number of halogens is 1. The molecular formula is C13H17BrN2OS. The van der Waals surface area contributed by atoms with Gasteiger partial charge in [-0.15, -0.1) is 0 Å². The third kappa shape index (κ3) is 3.67. The third-order valence-electron chi connectivity index (χ3n) is 3.09. The Balaban J connectivity index is 1.85. The molecule has 5 heteroatoms. The van der Waals surface area contributed by atoms with E-state index in [9.17, 15) is 0 Å². The lowest BCUT2D eigenvalue weighted by atomic mass is 10.2. The molecule has 0 atom stereocenters. The first-order valence-corrected chi connectivity index (χ1v) is 7.20. The summed E-state index contributed by atoms with van der Waals surface area (Å²) >= 11 is 8.39. The zero-order chi connectivity index (χ0) is 13.1. The first kappa shape index (κ1) is 13.8. The molecule has 1 aromatic carbocycles. The number of hydrogen-bond donors (Lipinski definition) is 1. The zero-order valence-corrected chi connectivity index (χ0v) is 12.8. The maximum Gasteiger partial charge on any atom is 0.120 e. The monoisotopic (exact) mass is 328 g/mol. The lowest BCUT2D eigenvalue weighted by Crippen LogP contribution is -2.26. The summed E-state index contributed by atoms with van der Waals surface area (Å²) in [7, 11) is 2.15. The smallest absolute Gasteiger partial charge is 0.120 e. The normalized spacial score (nSPS) is 14.8. The van der Waals surface area contributed by atoms with Crippen LogP contribution in [-0.4, -0.2) is 36.1 Å². The Morgan fingerprint density at radius 3 is 2.83 bits per heavy atom. The van der Waals surface area contributed by atoms with Crippen LogP contribution in [-0.2, 0) is 0 Å². The van der Waals surface area contributed by atoms with E-state index >= 15 is 0 Å². The zero-order valence-electron chi connectivity index (χ0n) is 10.4. The maximum absolute atomic E-state index is 5.71. The van der Waals surface area contributed by atoms with Gasteiger partial charge in [-0.25, -0.2) is 0 Å². The van der Waals surface area contributed by atoms with E-state index in [4.69, 9.17) is 22.7 Å². The fourth-order valence-corrected chi connectivity index (χ4v) is 2.67. The van der Waals surface area contributed by atoms with Crippen LogP contribution in [0.3, 0.4) is 0 Å². The number of rotatable bonds is 6. The molecule has 0 heterocycles. The first-order valence-electron chi connectivity index (χ1n) is 6.00. The summed E-state index contributed by atoms with van der Waals surface area (Å²) in [6, 6.07) is 6.46. The average molecular weight is 329 g/mol. The van der Waals surface area contributed by atoms with Crippen LogP contribution in [0.4, 0.5) is 0 Å². The number of likely N-dealkylation sites (N-methyl/N-ethyl adjacent to an activating group) is 1. The molecule has 0 spiro atoms. The van der Waals surface area contributed by atoms with Crippen molar-refractivity contribution >= 4 is 33.1 Å². The van der Waals surface area contributed by atoms with Gasteiger partial charge >= 0.3 is 0 Å². The Morgan fingerprint density at radius 2 is 2.28 bits per heavy atom. The molecular weight excluding hydrogens is 312 g/mol. The summed E-state index contributed by atoms with van der Waals surface area (Å²) in [5, 5.41) is 0. The summed E-state index contributed by atoms with van der Waals surface area (Å²) < 4.78 is 6.59. The van der Waals surface area contributed by atoms with E-state index < -0.39 is 0 Å². The molecule has 2 rings (SSSR count). The molecule has 0 radical (unpaired) electrons. The predicted octanol–water partition coefficient (Wildman–Crippen LogP) is 2.56. The summed E-state index contributed by atoms with van der Waals surface area (Å²) in [6.07, 6.45) is 2.65. The molecule has 1 fully saturated rings. The fraction of sp³-hybridized carbons (Fsp3) is 0.462. The van der Waals surface area contributed by atoms with Gasteiger partial charge in [-0.05, 0) is 54.0 Å². The Bertz CT molecular complexity index is 449. The van der Waals surface area contributed by atoms with Gasteiger partial charge in [-0.3, -0.25) is 0 Å². The topological polar surface area (TPSA) is 38.5 Å². The van der Waals surface area contributed by atoms with Gasteiger partial charge in [0.1, 0.15) is 17.3 Å². The van der Waals surface area contributed by atoms with E-state index in [-0.39, 0.29) is 0 Å². The Morgan fingerprint density at radius 1 is 1.56 bits per heavy atom. The minimum Gasteiger partial charge on any atom is -0.492 e. The third-order valence-corrected chi connectivity index (χ3v) is 3.96. The van der Waals surface area contributed by atoms with Crippen LogP contribution in [0.5, 0.6) is 5.75 Å². The second-order valence-corrected chi connectivity index (χ2v) is 5.86. The molecule has 2 N–H and O–H groups in total. The summed E-state index contributed by atoms with van der Waals surface area (Å²) in [5.41, 5.74) is 6.44. The van der Waals surface area contributed by atoms with Crippen LogP contribution in [0.25, 0.3) is 0 Å². The second kappa shape index (κ2) is 5.99. The van der Waals surface area contributed by atoms with Crippen molar-refractivity contribution in [3.05, 3.63) is 28.2 Å². The van der Waals surface area contributed by atoms with Crippen molar-refractivity contribution in [1.82, 2.24) is 4.90 Å². The van der Waals surface area contributed by atoms with Gasteiger partial charge in [-0.2, -0.15) is 0 Å². The van der Waals surface area contributed by atoms with Crippen LogP contribution in [0, 0.1) is 0 Å². The number of thiocarbonyl (C=S) groups is 1. The molecule has 0 aliphatic heterocycles. The first-order chi connectivity index (χ1) is 8.58. The largest absolute Gasteiger partial charge is 0.492 e. The van der Waals surface area contributed by atoms with Gasteiger partial charge in [-0.1, -0.05) is 12.2 Å². The highest BCUT2D eigenvalue weighted by Crippen LogP contribution is 2.25. The minimum atomic E-state index is 0.391. The fourth-order valence-electron chi connectivity index (χ4n) is 1.79. The van der Waals surface area contributed by atoms with Gasteiger partial charge in [0.15, 0.2) is 0 Å². The van der Waals surface area contributed by atoms with Gasteiger partial charge in [0, 0.05) is 22.6 Å². The highest BCUT2D eigenvalue weighted by atomic mass is 79.9. The Hall–Kier alpha value is -0.650. The lowest BCUT2D eigenvalue weighted by molar-refractivity contribution is 0.232. The molecule has 0 saturated heterocycles. The van der Waals surface area contributed by atoms with Crippen LogP contribution in [0.2, 0.25) is 0 Å². The molecule has 0 amide bonds. The molecule has 3 nitrogen and oxygen atoms in total. The molecule has 0 unspecified atom stereocenters. The second-order valence-electron chi connectivity index (χ2n) is 4.57. The molecule has 1 aliphatic rings. The molecule has 1 aromatic rings. The molecule has 0 bridgehead atoms. The molecule has 18 heavy (non-hydrogen) atoms. The average Bonchev–Trinajstić information content (AvgIpc) is 3.12. The van der Waals surface area contributed by atoms with E-state index in [0.29, 0.717) is 11.6 Å². The number of nitrogens with two attached hydrogens (primary N) is 1. The van der Waals surface area contributed by atoms with Gasteiger partial charge in [0.2, 0.25) is 0 Å². The standard InChI is InChI=1S/C13H17BrN2OS/c1-16(9-2-3-9)6-7-17-10-4-5-11(13(15)18)12(14)8-10/h4-5,8-9H,2-3,6-7H2,1H3,(H2,15,18). The number of ether oxygens (including phenoxy) is 1. The quantitative estimate of drug-likeness (QED) is 0.814. The van der Waals surface area contributed by atoms with Crippen molar-refractivity contribution in [2.45, 2.75) is 18.9 Å². The van der Waals surface area contributed by atoms with Crippen molar-refractivity contribution in [2.24, 2.45) is 5.73 Å². The lowest BCUT2D eigenvalue weighted by Gasteiger charge is -2.16. The van der Waals surface area contributed by atoms with E-state index in [2.05, 4.69) is 27.9 Å². The van der Waals surface area contributed by atoms with Crippen molar-refractivity contribution in [2.75, 3.05) is 20.2 Å². The van der Waals surface area contributed by atoms with E-state index in [0.717, 1.165) is 28.4 Å². The maximum atomic E-state index is 5.71. The molecule has 1 aliphatic carbocycles. The van der Waals surface area contributed by atoms with Crippen molar-refractivity contribution in [1.29, 1.82) is 0 Å². The minimum absolute atomic E-state index is 0.391. The predicted molar refractivity (Wildman–Crippen MR) is 81.2 cm³/mol. The van der Waals surface area contributed by atoms with E-state index in [1.54, 1.807) is 0 Å². The number of nitrogens with zero attached hydrogens (tertiary/aromatic N) is 1. The summed E-state index contributed by atoms with van der Waals surface area (Å²) in [5.74, 6) is 0.839. The molecule has 0 aromatic heterocycles. The van der Waals surface area contributed by atoms with E-state index in [1.165, 1.54) is 12.8 Å². The number of benzene rings is 1. The van der Waals surface area contributed by atoms with Crippen LogP contribution in [0.1, 0.15) is 18.4 Å². The van der Waals surface area contributed by atoms with Crippen LogP contribution < -0.4 is 10.5 Å². The van der Waals surface area contributed by atoms with Crippen molar-refractivity contribution in [3.63, 3.8) is 0 Å². The Kier molecular flexibility index (Phi) is 4.59. The molecule has 98 valence electrons. The van der Waals surface area contributed by atoms with Crippen LogP contribution in [0.15, 0.2) is 22.7 Å². The van der Waals surface area contributed by atoms with Crippen LogP contribution >= 0.6 is 28.1 Å². The van der Waals surface area contributed by atoms with Gasteiger partial charge in [0.25, 0.3) is 0 Å². The van der Waals surface area contributed by atoms with E-state index in [1.807, 2.05) is 18.2 Å².